The molecule has 0 spiro atoms. The molecule has 49 heavy (non-hydrogen) atoms. The van der Waals surface area contributed by atoms with Crippen molar-refractivity contribution in [3.8, 4) is 17.2 Å². The molecule has 0 aliphatic carbocycles. The maximum absolute atomic E-state index is 15.1. The van der Waals surface area contributed by atoms with E-state index in [0.29, 0.717) is 30.4 Å². The molecule has 14 heteroatoms. The van der Waals surface area contributed by atoms with Crippen molar-refractivity contribution in [1.29, 1.82) is 0 Å². The van der Waals surface area contributed by atoms with Gasteiger partial charge in [0.2, 0.25) is 17.7 Å². The summed E-state index contributed by atoms with van der Waals surface area (Å²) in [7, 11) is -1.97. The Labute approximate surface area is 285 Å². The number of nitrogens with zero attached hydrogens (tertiary/aromatic N) is 1. The zero-order chi connectivity index (χ0) is 35.6. The minimum atomic E-state index is -3.39. The number of amides is 4. The Hall–Kier alpha value is -4.98. The van der Waals surface area contributed by atoms with Crippen molar-refractivity contribution < 1.29 is 41.5 Å². The van der Waals surface area contributed by atoms with Crippen LogP contribution in [-0.2, 0) is 37.2 Å². The van der Waals surface area contributed by atoms with E-state index in [1.54, 1.807) is 36.1 Å². The normalized spacial score (nSPS) is 16.9. The monoisotopic (exact) mass is 696 g/mol. The van der Waals surface area contributed by atoms with Gasteiger partial charge < -0.3 is 30.3 Å². The smallest absolute Gasteiger partial charge is 0.251 e. The molecule has 0 unspecified atom stereocenters. The fraction of sp³-hybridized carbons (Fsp3) is 0.371. The maximum Gasteiger partial charge on any atom is 0.251 e. The van der Waals surface area contributed by atoms with Crippen LogP contribution < -0.4 is 25.4 Å². The van der Waals surface area contributed by atoms with Gasteiger partial charge in [0.15, 0.2) is 32.9 Å². The highest BCUT2D eigenvalue weighted by molar-refractivity contribution is 7.90. The van der Waals surface area contributed by atoms with Crippen molar-refractivity contribution in [2.45, 2.75) is 56.5 Å². The van der Waals surface area contributed by atoms with Crippen LogP contribution in [0.25, 0.3) is 0 Å². The minimum Gasteiger partial charge on any atom is -0.493 e. The summed E-state index contributed by atoms with van der Waals surface area (Å²) in [5.74, 6) is -1.82. The number of carbonyl (C=O) groups is 4. The molecule has 4 bridgehead atoms. The van der Waals surface area contributed by atoms with E-state index in [2.05, 4.69) is 16.0 Å². The molecule has 3 aromatic carbocycles. The van der Waals surface area contributed by atoms with Gasteiger partial charge in [-0.05, 0) is 72.9 Å². The first-order chi connectivity index (χ1) is 23.4. The molecule has 0 saturated heterocycles. The Morgan fingerprint density at radius 3 is 2.39 bits per heavy atom. The Morgan fingerprint density at radius 1 is 0.980 bits per heavy atom. The summed E-state index contributed by atoms with van der Waals surface area (Å²) < 4.78 is 49.8. The molecular weight excluding hydrogens is 655 g/mol. The third kappa shape index (κ3) is 10.5. The first-order valence-corrected chi connectivity index (χ1v) is 17.8. The van der Waals surface area contributed by atoms with Gasteiger partial charge in [0, 0.05) is 44.4 Å². The molecule has 0 radical (unpaired) electrons. The SMILES string of the molecule is CC[C@@H]1NC(=O)CCCN(C(=O)Cc2ccc(S(C)(=O)=O)cc2)CCCNC(=O)c2ccc(OC)c(c2)Oc2ccc(cc2F)CNC1=O. The van der Waals surface area contributed by atoms with Crippen LogP contribution in [0.5, 0.6) is 17.2 Å². The van der Waals surface area contributed by atoms with E-state index in [0.717, 1.165) is 6.26 Å². The summed E-state index contributed by atoms with van der Waals surface area (Å²) in [6, 6.07) is 14.0. The maximum atomic E-state index is 15.1. The highest BCUT2D eigenvalue weighted by atomic mass is 32.2. The van der Waals surface area contributed by atoms with Crippen LogP contribution in [0.3, 0.4) is 0 Å². The first-order valence-electron chi connectivity index (χ1n) is 15.9. The molecular formula is C35H41FN4O8S. The number of halogens is 1. The Kier molecular flexibility index (Phi) is 12.7. The second kappa shape index (κ2) is 16.9. The number of hydrogen-bond donors (Lipinski definition) is 3. The standard InChI is InChI=1S/C35H41FN4O8S/c1-4-28-35(44)38-22-24-10-14-29(27(36)19-24)48-31-21-25(11-15-30(31)47-2)34(43)37-16-6-18-40(17-5-7-32(41)39-28)33(42)20-23-8-12-26(13-9-23)49(3,45)46/h8-15,19,21,28H,4-7,16-18,20,22H2,1-3H3,(H,37,43)(H,38,44)(H,39,41)/t28-/m0/s1. The van der Waals surface area contributed by atoms with E-state index < -0.39 is 33.5 Å². The minimum absolute atomic E-state index is 0.00936. The van der Waals surface area contributed by atoms with Crippen LogP contribution in [0.2, 0.25) is 0 Å². The van der Waals surface area contributed by atoms with Crippen molar-refractivity contribution >= 4 is 33.5 Å². The van der Waals surface area contributed by atoms with Crippen molar-refractivity contribution in [3.63, 3.8) is 0 Å². The first kappa shape index (κ1) is 36.8. The molecule has 1 atom stereocenters. The number of benzene rings is 3. The summed E-state index contributed by atoms with van der Waals surface area (Å²) in [6.07, 6.45) is 2.21. The van der Waals surface area contributed by atoms with E-state index in [9.17, 15) is 27.6 Å². The second-order valence-electron chi connectivity index (χ2n) is 11.7. The van der Waals surface area contributed by atoms with Crippen LogP contribution in [0.1, 0.15) is 54.1 Å². The number of hydrogen-bond acceptors (Lipinski definition) is 8. The quantitative estimate of drug-likeness (QED) is 0.366. The summed E-state index contributed by atoms with van der Waals surface area (Å²) in [6.45, 7) is 2.50. The van der Waals surface area contributed by atoms with Gasteiger partial charge in [-0.25, -0.2) is 12.8 Å². The number of rotatable bonds is 5. The fourth-order valence-corrected chi connectivity index (χ4v) is 5.82. The molecule has 0 fully saturated rings. The largest absolute Gasteiger partial charge is 0.493 e. The van der Waals surface area contributed by atoms with Gasteiger partial charge in [0.05, 0.1) is 18.4 Å². The third-order valence-corrected chi connectivity index (χ3v) is 9.08. The molecule has 0 aromatic heterocycles. The van der Waals surface area contributed by atoms with E-state index >= 15 is 4.39 Å². The van der Waals surface area contributed by atoms with E-state index in [1.807, 2.05) is 0 Å². The van der Waals surface area contributed by atoms with Crippen molar-refractivity contribution in [2.75, 3.05) is 33.0 Å². The Morgan fingerprint density at radius 2 is 1.71 bits per heavy atom. The predicted octanol–water partition coefficient (Wildman–Crippen LogP) is 3.53. The number of sulfone groups is 1. The van der Waals surface area contributed by atoms with Crippen LogP contribution in [0, 0.1) is 5.82 Å². The van der Waals surface area contributed by atoms with Gasteiger partial charge in [0.25, 0.3) is 5.91 Å². The van der Waals surface area contributed by atoms with E-state index in [1.165, 1.54) is 43.5 Å². The summed E-state index contributed by atoms with van der Waals surface area (Å²) >= 11 is 0. The number of ether oxygens (including phenoxy) is 2. The number of fused-ring (bicyclic) bond motifs is 16. The lowest BCUT2D eigenvalue weighted by Gasteiger charge is -2.23. The lowest BCUT2D eigenvalue weighted by Crippen LogP contribution is -2.46. The summed E-state index contributed by atoms with van der Waals surface area (Å²) in [4.78, 5) is 53.8. The van der Waals surface area contributed by atoms with Crippen molar-refractivity contribution in [2.24, 2.45) is 0 Å². The van der Waals surface area contributed by atoms with Crippen molar-refractivity contribution in [3.05, 3.63) is 83.2 Å². The molecule has 5 rings (SSSR count). The van der Waals surface area contributed by atoms with Gasteiger partial charge in [-0.2, -0.15) is 0 Å². The molecule has 12 nitrogen and oxygen atoms in total. The van der Waals surface area contributed by atoms with Gasteiger partial charge in [0.1, 0.15) is 6.04 Å². The Balaban J connectivity index is 1.53. The van der Waals surface area contributed by atoms with Crippen LogP contribution in [-0.4, -0.2) is 76.0 Å². The molecule has 2 aliphatic rings. The molecule has 0 saturated carbocycles. The Bertz CT molecular complexity index is 1780. The molecule has 4 amide bonds. The zero-order valence-electron chi connectivity index (χ0n) is 27.7. The van der Waals surface area contributed by atoms with Crippen molar-refractivity contribution in [1.82, 2.24) is 20.9 Å². The molecule has 2 aliphatic heterocycles. The second-order valence-corrected chi connectivity index (χ2v) is 13.7. The van der Waals surface area contributed by atoms with Gasteiger partial charge >= 0.3 is 0 Å². The fourth-order valence-electron chi connectivity index (χ4n) is 5.19. The van der Waals surface area contributed by atoms with Gasteiger partial charge in [-0.15, -0.1) is 0 Å². The van der Waals surface area contributed by atoms with E-state index in [-0.39, 0.29) is 78.5 Å². The lowest BCUT2D eigenvalue weighted by atomic mass is 10.1. The number of carbonyl (C=O) groups excluding carboxylic acids is 4. The summed E-state index contributed by atoms with van der Waals surface area (Å²) in [5.41, 5.74) is 1.34. The average Bonchev–Trinajstić information content (AvgIpc) is 3.07. The molecule has 3 aromatic rings. The van der Waals surface area contributed by atoms with Crippen LogP contribution in [0.15, 0.2) is 65.6 Å². The number of methoxy groups -OCH3 is 1. The average molecular weight is 697 g/mol. The highest BCUT2D eigenvalue weighted by Gasteiger charge is 2.21. The highest BCUT2D eigenvalue weighted by Crippen LogP contribution is 2.34. The number of nitrogens with one attached hydrogen (secondary N) is 3. The summed E-state index contributed by atoms with van der Waals surface area (Å²) in [5, 5.41) is 8.28. The molecule has 262 valence electrons. The molecule has 2 heterocycles. The van der Waals surface area contributed by atoms with Crippen LogP contribution in [0.4, 0.5) is 4.39 Å². The zero-order valence-corrected chi connectivity index (χ0v) is 28.5. The topological polar surface area (TPSA) is 160 Å². The van der Waals surface area contributed by atoms with Crippen LogP contribution >= 0.6 is 0 Å². The van der Waals surface area contributed by atoms with Gasteiger partial charge in [-0.3, -0.25) is 19.2 Å². The van der Waals surface area contributed by atoms with E-state index in [4.69, 9.17) is 9.47 Å². The molecule has 3 N–H and O–H groups in total. The predicted molar refractivity (Wildman–Crippen MR) is 180 cm³/mol. The lowest BCUT2D eigenvalue weighted by molar-refractivity contribution is -0.131. The van der Waals surface area contributed by atoms with Gasteiger partial charge in [-0.1, -0.05) is 25.1 Å². The third-order valence-electron chi connectivity index (χ3n) is 7.95.